The molecule has 14 heavy (non-hydrogen) atoms. The first kappa shape index (κ1) is 10.9. The molecular weight excluding hydrogens is 216 g/mol. The van der Waals surface area contributed by atoms with Gasteiger partial charge in [0.15, 0.2) is 11.6 Å². The van der Waals surface area contributed by atoms with E-state index < -0.39 is 27.7 Å². The van der Waals surface area contributed by atoms with E-state index in [4.69, 9.17) is 0 Å². The Hall–Kier alpha value is -1.21. The van der Waals surface area contributed by atoms with E-state index in [0.29, 0.717) is 5.56 Å². The lowest BCUT2D eigenvalue weighted by Crippen LogP contribution is -2.20. The van der Waals surface area contributed by atoms with E-state index in [9.17, 15) is 17.2 Å². The number of aryl methyl sites for hydroxylation is 1. The normalized spacial score (nSPS) is 11.4. The highest BCUT2D eigenvalue weighted by Gasteiger charge is 2.16. The first-order valence-corrected chi connectivity index (χ1v) is 4.94. The molecule has 0 heterocycles. The number of hydrogen-bond acceptors (Lipinski definition) is 3. The van der Waals surface area contributed by atoms with E-state index in [1.54, 1.807) is 0 Å². The van der Waals surface area contributed by atoms with Crippen molar-refractivity contribution in [3.63, 3.8) is 0 Å². The fourth-order valence-corrected chi connectivity index (χ4v) is 1.27. The molecule has 0 amide bonds. The van der Waals surface area contributed by atoms with Gasteiger partial charge in [0, 0.05) is 0 Å². The summed E-state index contributed by atoms with van der Waals surface area (Å²) < 4.78 is 50.7. The lowest BCUT2D eigenvalue weighted by molar-refractivity contribution is 0.434. The van der Waals surface area contributed by atoms with Crippen molar-refractivity contribution in [2.24, 2.45) is 5.14 Å². The van der Waals surface area contributed by atoms with E-state index in [-0.39, 0.29) is 0 Å². The van der Waals surface area contributed by atoms with Gasteiger partial charge in [-0.3, -0.25) is 0 Å². The van der Waals surface area contributed by atoms with Crippen molar-refractivity contribution in [3.8, 4) is 5.75 Å². The Morgan fingerprint density at radius 2 is 1.71 bits per heavy atom. The smallest absolute Gasteiger partial charge is 0.365 e. The van der Waals surface area contributed by atoms with Gasteiger partial charge in [-0.15, -0.1) is 0 Å². The summed E-state index contributed by atoms with van der Waals surface area (Å²) in [6.07, 6.45) is 0. The number of rotatable bonds is 2. The highest BCUT2D eigenvalue weighted by atomic mass is 32.2. The fraction of sp³-hybridized carbons (Fsp3) is 0.143. The molecule has 0 radical (unpaired) electrons. The van der Waals surface area contributed by atoms with Crippen LogP contribution in [0, 0.1) is 18.6 Å². The highest BCUT2D eigenvalue weighted by Crippen LogP contribution is 2.23. The minimum atomic E-state index is -4.42. The predicted octanol–water partition coefficient (Wildman–Crippen LogP) is 0.856. The number of halogens is 2. The van der Waals surface area contributed by atoms with Crippen molar-refractivity contribution in [1.82, 2.24) is 0 Å². The molecule has 78 valence electrons. The van der Waals surface area contributed by atoms with Crippen LogP contribution in [0.5, 0.6) is 5.75 Å². The molecule has 0 aromatic heterocycles. The average Bonchev–Trinajstić information content (AvgIpc) is 1.95. The van der Waals surface area contributed by atoms with Crippen molar-refractivity contribution in [2.75, 3.05) is 0 Å². The van der Waals surface area contributed by atoms with Crippen molar-refractivity contribution < 1.29 is 21.4 Å². The van der Waals surface area contributed by atoms with Gasteiger partial charge in [-0.25, -0.2) is 8.78 Å². The summed E-state index contributed by atoms with van der Waals surface area (Å²) in [6, 6.07) is 1.87. The molecule has 4 nitrogen and oxygen atoms in total. The molecule has 0 saturated heterocycles. The second-order valence-corrected chi connectivity index (χ2v) is 3.79. The lowest BCUT2D eigenvalue weighted by atomic mass is 10.2. The van der Waals surface area contributed by atoms with Crippen LogP contribution < -0.4 is 9.32 Å². The molecule has 0 spiro atoms. The lowest BCUT2D eigenvalue weighted by Gasteiger charge is -2.05. The van der Waals surface area contributed by atoms with Crippen LogP contribution in [-0.4, -0.2) is 8.42 Å². The topological polar surface area (TPSA) is 69.4 Å². The van der Waals surface area contributed by atoms with Gasteiger partial charge in [0.05, 0.1) is 0 Å². The maximum Gasteiger partial charge on any atom is 0.380 e. The zero-order valence-corrected chi connectivity index (χ0v) is 7.94. The second kappa shape index (κ2) is 3.50. The minimum absolute atomic E-state index is 0.307. The molecule has 0 saturated carbocycles. The van der Waals surface area contributed by atoms with Crippen LogP contribution in [0.25, 0.3) is 0 Å². The third-order valence-corrected chi connectivity index (χ3v) is 1.74. The first-order valence-electron chi connectivity index (χ1n) is 3.47. The van der Waals surface area contributed by atoms with Crippen LogP contribution in [0.2, 0.25) is 0 Å². The van der Waals surface area contributed by atoms with Crippen LogP contribution in [0.15, 0.2) is 12.1 Å². The molecule has 0 aliphatic rings. The zero-order chi connectivity index (χ0) is 10.9. The zero-order valence-electron chi connectivity index (χ0n) is 7.12. The van der Waals surface area contributed by atoms with E-state index in [1.165, 1.54) is 6.92 Å². The molecule has 0 atom stereocenters. The highest BCUT2D eigenvalue weighted by molar-refractivity contribution is 7.84. The quantitative estimate of drug-likeness (QED) is 0.808. The maximum absolute atomic E-state index is 13.0. The number of hydrogen-bond donors (Lipinski definition) is 1. The molecule has 0 fully saturated rings. The first-order chi connectivity index (χ1) is 6.29. The van der Waals surface area contributed by atoms with Gasteiger partial charge >= 0.3 is 10.3 Å². The molecule has 0 bridgehead atoms. The van der Waals surface area contributed by atoms with Gasteiger partial charge in [-0.05, 0) is 24.6 Å². The summed E-state index contributed by atoms with van der Waals surface area (Å²) in [7, 11) is -4.42. The van der Waals surface area contributed by atoms with Crippen LogP contribution in [0.1, 0.15) is 5.56 Å². The van der Waals surface area contributed by atoms with E-state index >= 15 is 0 Å². The summed E-state index contributed by atoms with van der Waals surface area (Å²) in [6.45, 7) is 1.45. The third kappa shape index (κ3) is 2.64. The SMILES string of the molecule is Cc1cc(F)c(OS(N)(=O)=O)c(F)c1. The molecule has 0 aliphatic heterocycles. The summed E-state index contributed by atoms with van der Waals surface area (Å²) in [5.74, 6) is -3.24. The summed E-state index contributed by atoms with van der Waals surface area (Å²) in [5, 5.41) is 4.46. The van der Waals surface area contributed by atoms with Crippen molar-refractivity contribution >= 4 is 10.3 Å². The van der Waals surface area contributed by atoms with Crippen LogP contribution >= 0.6 is 0 Å². The van der Waals surface area contributed by atoms with Crippen molar-refractivity contribution in [3.05, 3.63) is 29.3 Å². The minimum Gasteiger partial charge on any atom is -0.365 e. The molecule has 1 aromatic rings. The molecule has 0 unspecified atom stereocenters. The van der Waals surface area contributed by atoms with E-state index in [2.05, 4.69) is 9.32 Å². The third-order valence-electron chi connectivity index (χ3n) is 1.34. The van der Waals surface area contributed by atoms with E-state index in [0.717, 1.165) is 12.1 Å². The van der Waals surface area contributed by atoms with Gasteiger partial charge < -0.3 is 4.18 Å². The summed E-state index contributed by atoms with van der Waals surface area (Å²) >= 11 is 0. The summed E-state index contributed by atoms with van der Waals surface area (Å²) in [4.78, 5) is 0. The maximum atomic E-state index is 13.0. The fourth-order valence-electron chi connectivity index (χ4n) is 0.882. The van der Waals surface area contributed by atoms with Gasteiger partial charge in [0.2, 0.25) is 5.75 Å². The predicted molar refractivity (Wildman–Crippen MR) is 44.8 cm³/mol. The van der Waals surface area contributed by atoms with Crippen molar-refractivity contribution in [2.45, 2.75) is 6.92 Å². The van der Waals surface area contributed by atoms with Gasteiger partial charge in [-0.2, -0.15) is 13.6 Å². The van der Waals surface area contributed by atoms with Gasteiger partial charge in [0.1, 0.15) is 0 Å². The Balaban J connectivity index is 3.22. The molecule has 1 rings (SSSR count). The molecule has 1 aromatic carbocycles. The van der Waals surface area contributed by atoms with Crippen LogP contribution in [0.4, 0.5) is 8.78 Å². The molecule has 7 heteroatoms. The summed E-state index contributed by atoms with van der Waals surface area (Å²) in [5.41, 5.74) is 0.307. The Kier molecular flexibility index (Phi) is 2.72. The van der Waals surface area contributed by atoms with Crippen LogP contribution in [-0.2, 0) is 10.3 Å². The molecule has 0 aliphatic carbocycles. The van der Waals surface area contributed by atoms with Gasteiger partial charge in [0.25, 0.3) is 0 Å². The Bertz CT molecular complexity index is 435. The van der Waals surface area contributed by atoms with Crippen LogP contribution in [0.3, 0.4) is 0 Å². The molecular formula is C7H7F2NO3S. The standard InChI is InChI=1S/C7H7F2NO3S/c1-4-2-5(8)7(6(9)3-4)13-14(10,11)12/h2-3H,1H3,(H2,10,11,12). The second-order valence-electron chi connectivity index (χ2n) is 2.63. The molecule has 2 N–H and O–H groups in total. The number of benzene rings is 1. The Morgan fingerprint density at radius 1 is 1.29 bits per heavy atom. The largest absolute Gasteiger partial charge is 0.380 e. The van der Waals surface area contributed by atoms with E-state index in [1.807, 2.05) is 0 Å². The van der Waals surface area contributed by atoms with Crippen molar-refractivity contribution in [1.29, 1.82) is 0 Å². The average molecular weight is 223 g/mol. The number of nitrogens with two attached hydrogens (primary N) is 1. The Morgan fingerprint density at radius 3 is 2.07 bits per heavy atom. The monoisotopic (exact) mass is 223 g/mol. The Labute approximate surface area is 79.6 Å². The van der Waals surface area contributed by atoms with Gasteiger partial charge in [-0.1, -0.05) is 0 Å².